The maximum Gasteiger partial charge on any atom is 0.0162 e. The van der Waals surface area contributed by atoms with E-state index in [2.05, 4.69) is 34.3 Å². The Kier molecular flexibility index (Phi) is 3.22. The minimum atomic E-state index is 0.649. The number of nitrogens with zero attached hydrogens (tertiary/aromatic N) is 1. The highest BCUT2D eigenvalue weighted by molar-refractivity contribution is 5.05. The molecule has 2 N–H and O–H groups in total. The van der Waals surface area contributed by atoms with Crippen molar-refractivity contribution in [3.05, 3.63) is 24.0 Å². The van der Waals surface area contributed by atoms with Gasteiger partial charge in [-0.2, -0.15) is 0 Å². The normalized spacial score (nSPS) is 20.9. The molecule has 1 unspecified atom stereocenters. The standard InChI is InChI=1S/C11H19N3/c1-10(9-11-3-2-4-13-11)14-7-5-12-6-8-14/h2-4,10,12-13H,5-9H2,1H3. The second-order valence-corrected chi connectivity index (χ2v) is 4.03. The van der Waals surface area contributed by atoms with E-state index in [-0.39, 0.29) is 0 Å². The van der Waals surface area contributed by atoms with Crippen molar-refractivity contribution in [3.63, 3.8) is 0 Å². The molecule has 0 radical (unpaired) electrons. The number of aromatic amines is 1. The van der Waals surface area contributed by atoms with Crippen LogP contribution < -0.4 is 5.32 Å². The van der Waals surface area contributed by atoms with Gasteiger partial charge >= 0.3 is 0 Å². The first-order valence-corrected chi connectivity index (χ1v) is 5.43. The molecule has 1 aliphatic heterocycles. The lowest BCUT2D eigenvalue weighted by atomic mass is 10.1. The van der Waals surface area contributed by atoms with Crippen LogP contribution in [0.25, 0.3) is 0 Å². The molecule has 0 saturated carbocycles. The van der Waals surface area contributed by atoms with Crippen LogP contribution in [0.1, 0.15) is 12.6 Å². The van der Waals surface area contributed by atoms with E-state index in [0.29, 0.717) is 6.04 Å². The molecule has 0 amide bonds. The Morgan fingerprint density at radius 1 is 1.43 bits per heavy atom. The quantitative estimate of drug-likeness (QED) is 0.745. The minimum absolute atomic E-state index is 0.649. The van der Waals surface area contributed by atoms with E-state index in [0.717, 1.165) is 19.5 Å². The summed E-state index contributed by atoms with van der Waals surface area (Å²) in [6.45, 7) is 6.94. The topological polar surface area (TPSA) is 31.1 Å². The number of rotatable bonds is 3. The molecule has 1 aromatic rings. The summed E-state index contributed by atoms with van der Waals surface area (Å²) in [6, 6.07) is 4.88. The second-order valence-electron chi connectivity index (χ2n) is 4.03. The Balaban J connectivity index is 1.85. The van der Waals surface area contributed by atoms with Crippen molar-refractivity contribution in [1.29, 1.82) is 0 Å². The van der Waals surface area contributed by atoms with Gasteiger partial charge in [-0.25, -0.2) is 0 Å². The van der Waals surface area contributed by atoms with Gasteiger partial charge in [0.2, 0.25) is 0 Å². The SMILES string of the molecule is CC(Cc1ccc[nH]1)N1CCNCC1. The molecule has 0 bridgehead atoms. The van der Waals surface area contributed by atoms with Crippen molar-refractivity contribution in [3.8, 4) is 0 Å². The Morgan fingerprint density at radius 2 is 2.21 bits per heavy atom. The zero-order chi connectivity index (χ0) is 9.80. The predicted molar refractivity (Wildman–Crippen MR) is 58.4 cm³/mol. The first-order valence-electron chi connectivity index (χ1n) is 5.43. The second kappa shape index (κ2) is 4.62. The molecule has 1 aliphatic rings. The smallest absolute Gasteiger partial charge is 0.0162 e. The van der Waals surface area contributed by atoms with Gasteiger partial charge in [-0.1, -0.05) is 0 Å². The van der Waals surface area contributed by atoms with E-state index in [1.165, 1.54) is 18.8 Å². The third-order valence-corrected chi connectivity index (χ3v) is 2.95. The van der Waals surface area contributed by atoms with Crippen LogP contribution in [0, 0.1) is 0 Å². The number of hydrogen-bond donors (Lipinski definition) is 2. The fraction of sp³-hybridized carbons (Fsp3) is 0.636. The molecule has 0 aromatic carbocycles. The lowest BCUT2D eigenvalue weighted by Gasteiger charge is -2.32. The lowest BCUT2D eigenvalue weighted by Crippen LogP contribution is -2.48. The monoisotopic (exact) mass is 193 g/mol. The van der Waals surface area contributed by atoms with Gasteiger partial charge in [0, 0.05) is 50.5 Å². The largest absolute Gasteiger partial charge is 0.365 e. The number of nitrogens with one attached hydrogen (secondary N) is 2. The zero-order valence-electron chi connectivity index (χ0n) is 8.79. The van der Waals surface area contributed by atoms with E-state index < -0.39 is 0 Å². The minimum Gasteiger partial charge on any atom is -0.365 e. The molecule has 2 rings (SSSR count). The molecule has 0 spiro atoms. The van der Waals surface area contributed by atoms with Gasteiger partial charge in [-0.15, -0.1) is 0 Å². The Bertz CT molecular complexity index is 250. The third-order valence-electron chi connectivity index (χ3n) is 2.95. The maximum atomic E-state index is 3.38. The molecule has 1 aromatic heterocycles. The van der Waals surface area contributed by atoms with Crippen LogP contribution in [0.4, 0.5) is 0 Å². The molecule has 3 nitrogen and oxygen atoms in total. The molecule has 0 aliphatic carbocycles. The molecule has 2 heterocycles. The molecule has 3 heteroatoms. The number of aromatic nitrogens is 1. The van der Waals surface area contributed by atoms with Crippen LogP contribution >= 0.6 is 0 Å². The van der Waals surface area contributed by atoms with Crippen LogP contribution in [-0.4, -0.2) is 42.1 Å². The Morgan fingerprint density at radius 3 is 2.86 bits per heavy atom. The first-order chi connectivity index (χ1) is 6.86. The average molecular weight is 193 g/mol. The molecule has 78 valence electrons. The Labute approximate surface area is 85.5 Å². The zero-order valence-corrected chi connectivity index (χ0v) is 8.79. The number of hydrogen-bond acceptors (Lipinski definition) is 2. The predicted octanol–water partition coefficient (Wildman–Crippen LogP) is 0.851. The van der Waals surface area contributed by atoms with Crippen molar-refractivity contribution < 1.29 is 0 Å². The van der Waals surface area contributed by atoms with Gasteiger partial charge in [0.15, 0.2) is 0 Å². The van der Waals surface area contributed by atoms with E-state index in [4.69, 9.17) is 0 Å². The van der Waals surface area contributed by atoms with Gasteiger partial charge < -0.3 is 10.3 Å². The van der Waals surface area contributed by atoms with Gasteiger partial charge in [-0.3, -0.25) is 4.90 Å². The van der Waals surface area contributed by atoms with Gasteiger partial charge in [0.05, 0.1) is 0 Å². The maximum absolute atomic E-state index is 3.38. The van der Waals surface area contributed by atoms with E-state index in [1.54, 1.807) is 0 Å². The summed E-state index contributed by atoms with van der Waals surface area (Å²) >= 11 is 0. The van der Waals surface area contributed by atoms with E-state index in [1.807, 2.05) is 6.20 Å². The van der Waals surface area contributed by atoms with Crippen LogP contribution in [0.2, 0.25) is 0 Å². The van der Waals surface area contributed by atoms with Crippen molar-refractivity contribution in [1.82, 2.24) is 15.2 Å². The average Bonchev–Trinajstić information content (AvgIpc) is 2.72. The fourth-order valence-electron chi connectivity index (χ4n) is 2.06. The van der Waals surface area contributed by atoms with Crippen molar-refractivity contribution in [2.45, 2.75) is 19.4 Å². The highest BCUT2D eigenvalue weighted by Crippen LogP contribution is 2.07. The van der Waals surface area contributed by atoms with Crippen LogP contribution in [0.3, 0.4) is 0 Å². The molecule has 14 heavy (non-hydrogen) atoms. The first kappa shape index (κ1) is 9.74. The summed E-state index contributed by atoms with van der Waals surface area (Å²) in [4.78, 5) is 5.82. The summed E-state index contributed by atoms with van der Waals surface area (Å²) in [5.74, 6) is 0. The van der Waals surface area contributed by atoms with Crippen LogP contribution in [0.15, 0.2) is 18.3 Å². The molecular formula is C11H19N3. The van der Waals surface area contributed by atoms with Crippen LogP contribution in [-0.2, 0) is 6.42 Å². The lowest BCUT2D eigenvalue weighted by molar-refractivity contribution is 0.182. The van der Waals surface area contributed by atoms with E-state index >= 15 is 0 Å². The molecule has 1 fully saturated rings. The fourth-order valence-corrected chi connectivity index (χ4v) is 2.06. The van der Waals surface area contributed by atoms with Crippen molar-refractivity contribution >= 4 is 0 Å². The van der Waals surface area contributed by atoms with Gasteiger partial charge in [-0.05, 0) is 19.1 Å². The summed E-state index contributed by atoms with van der Waals surface area (Å²) in [7, 11) is 0. The van der Waals surface area contributed by atoms with Gasteiger partial charge in [0.1, 0.15) is 0 Å². The number of H-pyrrole nitrogens is 1. The van der Waals surface area contributed by atoms with Crippen molar-refractivity contribution in [2.24, 2.45) is 0 Å². The summed E-state index contributed by atoms with van der Waals surface area (Å²) in [5.41, 5.74) is 1.34. The summed E-state index contributed by atoms with van der Waals surface area (Å²) in [5, 5.41) is 3.38. The highest BCUT2D eigenvalue weighted by Gasteiger charge is 2.16. The Hall–Kier alpha value is -0.800. The highest BCUT2D eigenvalue weighted by atomic mass is 15.2. The van der Waals surface area contributed by atoms with E-state index in [9.17, 15) is 0 Å². The molecule has 1 atom stereocenters. The number of piperazine rings is 1. The summed E-state index contributed by atoms with van der Waals surface area (Å²) < 4.78 is 0. The van der Waals surface area contributed by atoms with Crippen molar-refractivity contribution in [2.75, 3.05) is 26.2 Å². The van der Waals surface area contributed by atoms with Gasteiger partial charge in [0.25, 0.3) is 0 Å². The third kappa shape index (κ3) is 2.36. The summed E-state index contributed by atoms with van der Waals surface area (Å²) in [6.07, 6.45) is 3.13. The molecule has 1 saturated heterocycles. The van der Waals surface area contributed by atoms with Crippen LogP contribution in [0.5, 0.6) is 0 Å². The molecular weight excluding hydrogens is 174 g/mol.